The number of nitrogens with one attached hydrogen (secondary N) is 2. The van der Waals surface area contributed by atoms with E-state index in [4.69, 9.17) is 4.74 Å². The predicted molar refractivity (Wildman–Crippen MR) is 103 cm³/mol. The van der Waals surface area contributed by atoms with E-state index >= 15 is 0 Å². The highest BCUT2D eigenvalue weighted by molar-refractivity contribution is 5.92. The van der Waals surface area contributed by atoms with Crippen LogP contribution < -0.4 is 15.4 Å². The van der Waals surface area contributed by atoms with Crippen LogP contribution in [0.4, 0.5) is 11.4 Å². The van der Waals surface area contributed by atoms with Gasteiger partial charge in [-0.05, 0) is 62.4 Å². The van der Waals surface area contributed by atoms with Gasteiger partial charge in [0.25, 0.3) is 5.91 Å². The second-order valence-electron chi connectivity index (χ2n) is 6.12. The van der Waals surface area contributed by atoms with Crippen LogP contribution in [0.25, 0.3) is 0 Å². The van der Waals surface area contributed by atoms with Crippen molar-refractivity contribution in [3.05, 3.63) is 78.6 Å². The standard InChI is InChI=1S/C21H21N3O2/c1-15(2)23-21(25)20-13-10-17(14-22-20)24-16-8-11-19(12-9-16)26-18-6-4-3-5-7-18/h3-15,24H,1-2H3,(H,23,25). The first-order valence-corrected chi connectivity index (χ1v) is 8.47. The largest absolute Gasteiger partial charge is 0.457 e. The Bertz CT molecular complexity index is 845. The lowest BCUT2D eigenvalue weighted by Gasteiger charge is -2.10. The molecule has 0 unspecified atom stereocenters. The van der Waals surface area contributed by atoms with Crippen molar-refractivity contribution in [1.29, 1.82) is 0 Å². The van der Waals surface area contributed by atoms with Crippen LogP contribution >= 0.6 is 0 Å². The van der Waals surface area contributed by atoms with E-state index in [1.54, 1.807) is 12.3 Å². The number of carbonyl (C=O) groups excluding carboxylic acids is 1. The first kappa shape index (κ1) is 17.5. The van der Waals surface area contributed by atoms with E-state index in [0.717, 1.165) is 22.9 Å². The van der Waals surface area contributed by atoms with Crippen LogP contribution in [0.5, 0.6) is 11.5 Å². The summed E-state index contributed by atoms with van der Waals surface area (Å²) in [6.07, 6.45) is 1.64. The average molecular weight is 347 g/mol. The zero-order valence-electron chi connectivity index (χ0n) is 14.8. The molecule has 0 atom stereocenters. The lowest BCUT2D eigenvalue weighted by molar-refractivity contribution is 0.0938. The maximum atomic E-state index is 11.9. The molecular weight excluding hydrogens is 326 g/mol. The Morgan fingerprint density at radius 3 is 2.15 bits per heavy atom. The van der Waals surface area contributed by atoms with Crippen molar-refractivity contribution in [2.75, 3.05) is 5.32 Å². The van der Waals surface area contributed by atoms with E-state index < -0.39 is 0 Å². The highest BCUT2D eigenvalue weighted by Crippen LogP contribution is 2.24. The Morgan fingerprint density at radius 2 is 1.54 bits per heavy atom. The Kier molecular flexibility index (Phi) is 5.49. The average Bonchev–Trinajstić information content (AvgIpc) is 2.64. The summed E-state index contributed by atoms with van der Waals surface area (Å²) in [6, 6.07) is 20.9. The second-order valence-corrected chi connectivity index (χ2v) is 6.12. The van der Waals surface area contributed by atoms with Crippen molar-refractivity contribution >= 4 is 17.3 Å². The van der Waals surface area contributed by atoms with E-state index in [9.17, 15) is 4.79 Å². The van der Waals surface area contributed by atoms with Crippen LogP contribution in [-0.4, -0.2) is 16.9 Å². The maximum absolute atomic E-state index is 11.9. The molecule has 0 bridgehead atoms. The van der Waals surface area contributed by atoms with Gasteiger partial charge in [0.1, 0.15) is 17.2 Å². The van der Waals surface area contributed by atoms with Crippen molar-refractivity contribution < 1.29 is 9.53 Å². The summed E-state index contributed by atoms with van der Waals surface area (Å²) in [6.45, 7) is 3.83. The number of rotatable bonds is 6. The van der Waals surface area contributed by atoms with Gasteiger partial charge >= 0.3 is 0 Å². The van der Waals surface area contributed by atoms with Gasteiger partial charge in [0, 0.05) is 11.7 Å². The van der Waals surface area contributed by atoms with Crippen molar-refractivity contribution in [3.8, 4) is 11.5 Å². The number of nitrogens with zero attached hydrogens (tertiary/aromatic N) is 1. The fraction of sp³-hybridized carbons (Fsp3) is 0.143. The number of ether oxygens (including phenoxy) is 1. The molecule has 0 spiro atoms. The van der Waals surface area contributed by atoms with Crippen molar-refractivity contribution in [3.63, 3.8) is 0 Å². The van der Waals surface area contributed by atoms with Gasteiger partial charge in [-0.3, -0.25) is 4.79 Å². The molecule has 2 N–H and O–H groups in total. The molecule has 1 amide bonds. The molecule has 0 saturated heterocycles. The van der Waals surface area contributed by atoms with Gasteiger partial charge in [0.2, 0.25) is 0 Å². The van der Waals surface area contributed by atoms with Gasteiger partial charge in [0.15, 0.2) is 0 Å². The van der Waals surface area contributed by atoms with Crippen LogP contribution in [0.2, 0.25) is 0 Å². The number of hydrogen-bond donors (Lipinski definition) is 2. The number of anilines is 2. The second kappa shape index (κ2) is 8.16. The number of para-hydroxylation sites is 1. The molecule has 0 fully saturated rings. The number of hydrogen-bond acceptors (Lipinski definition) is 4. The van der Waals surface area contributed by atoms with Gasteiger partial charge in [-0.25, -0.2) is 4.98 Å². The van der Waals surface area contributed by atoms with E-state index in [0.29, 0.717) is 5.69 Å². The molecular formula is C21H21N3O2. The zero-order valence-corrected chi connectivity index (χ0v) is 14.8. The van der Waals surface area contributed by atoms with Crippen molar-refractivity contribution in [2.45, 2.75) is 19.9 Å². The molecule has 5 heteroatoms. The van der Waals surface area contributed by atoms with Crippen molar-refractivity contribution in [1.82, 2.24) is 10.3 Å². The number of aromatic nitrogens is 1. The van der Waals surface area contributed by atoms with E-state index in [1.807, 2.05) is 74.5 Å². The number of pyridine rings is 1. The first-order valence-electron chi connectivity index (χ1n) is 8.47. The maximum Gasteiger partial charge on any atom is 0.270 e. The summed E-state index contributed by atoms with van der Waals surface area (Å²) < 4.78 is 5.77. The smallest absolute Gasteiger partial charge is 0.270 e. The van der Waals surface area contributed by atoms with E-state index in [-0.39, 0.29) is 11.9 Å². The third-order valence-electron chi connectivity index (χ3n) is 3.54. The normalized spacial score (nSPS) is 10.4. The molecule has 0 saturated carbocycles. The molecule has 132 valence electrons. The van der Waals surface area contributed by atoms with Gasteiger partial charge < -0.3 is 15.4 Å². The van der Waals surface area contributed by atoms with Crippen LogP contribution in [0, 0.1) is 0 Å². The molecule has 1 heterocycles. The molecule has 0 radical (unpaired) electrons. The van der Waals surface area contributed by atoms with E-state index in [2.05, 4.69) is 15.6 Å². The third-order valence-corrected chi connectivity index (χ3v) is 3.54. The summed E-state index contributed by atoms with van der Waals surface area (Å²) in [5.41, 5.74) is 2.12. The van der Waals surface area contributed by atoms with Gasteiger partial charge in [-0.2, -0.15) is 0 Å². The predicted octanol–water partition coefficient (Wildman–Crippen LogP) is 4.76. The topological polar surface area (TPSA) is 63.2 Å². The molecule has 0 aliphatic carbocycles. The molecule has 3 rings (SSSR count). The highest BCUT2D eigenvalue weighted by Gasteiger charge is 2.08. The summed E-state index contributed by atoms with van der Waals surface area (Å²) in [7, 11) is 0. The van der Waals surface area contributed by atoms with Crippen LogP contribution in [0.15, 0.2) is 72.9 Å². The van der Waals surface area contributed by atoms with E-state index in [1.165, 1.54) is 0 Å². The number of benzene rings is 2. The number of carbonyl (C=O) groups is 1. The third kappa shape index (κ3) is 4.83. The minimum Gasteiger partial charge on any atom is -0.457 e. The molecule has 5 nitrogen and oxygen atoms in total. The van der Waals surface area contributed by atoms with Crippen LogP contribution in [-0.2, 0) is 0 Å². The van der Waals surface area contributed by atoms with Gasteiger partial charge in [-0.15, -0.1) is 0 Å². The Balaban J connectivity index is 1.61. The first-order chi connectivity index (χ1) is 12.6. The molecule has 1 aromatic heterocycles. The van der Waals surface area contributed by atoms with Crippen LogP contribution in [0.3, 0.4) is 0 Å². The zero-order chi connectivity index (χ0) is 18.4. The summed E-state index contributed by atoms with van der Waals surface area (Å²) in [5.74, 6) is 1.39. The molecule has 26 heavy (non-hydrogen) atoms. The van der Waals surface area contributed by atoms with Crippen LogP contribution in [0.1, 0.15) is 24.3 Å². The monoisotopic (exact) mass is 347 g/mol. The SMILES string of the molecule is CC(C)NC(=O)c1ccc(Nc2ccc(Oc3ccccc3)cc2)cn1. The minimum atomic E-state index is -0.172. The summed E-state index contributed by atoms with van der Waals surface area (Å²) in [5, 5.41) is 6.07. The molecule has 0 aliphatic heterocycles. The van der Waals surface area contributed by atoms with Gasteiger partial charge in [-0.1, -0.05) is 18.2 Å². The Morgan fingerprint density at radius 1 is 0.885 bits per heavy atom. The van der Waals surface area contributed by atoms with Gasteiger partial charge in [0.05, 0.1) is 11.9 Å². The fourth-order valence-corrected chi connectivity index (χ4v) is 2.34. The number of amides is 1. The van der Waals surface area contributed by atoms with Crippen molar-refractivity contribution in [2.24, 2.45) is 0 Å². The summed E-state index contributed by atoms with van der Waals surface area (Å²) in [4.78, 5) is 16.1. The molecule has 0 aliphatic rings. The highest BCUT2D eigenvalue weighted by atomic mass is 16.5. The lowest BCUT2D eigenvalue weighted by atomic mass is 10.2. The molecule has 2 aromatic carbocycles. The molecule has 3 aromatic rings. The quantitative estimate of drug-likeness (QED) is 0.675. The summed E-state index contributed by atoms with van der Waals surface area (Å²) >= 11 is 0. The fourth-order valence-electron chi connectivity index (χ4n) is 2.34. The Hall–Kier alpha value is -3.34. The lowest BCUT2D eigenvalue weighted by Crippen LogP contribution is -2.30. The Labute approximate surface area is 153 Å². The minimum absolute atomic E-state index is 0.0821.